The maximum absolute atomic E-state index is 11.1. The molecule has 5 nitrogen and oxygen atoms in total. The van der Waals surface area contributed by atoms with Crippen LogP contribution in [0.3, 0.4) is 0 Å². The van der Waals surface area contributed by atoms with Crippen LogP contribution < -0.4 is 0 Å². The van der Waals surface area contributed by atoms with E-state index in [-0.39, 0.29) is 15.8 Å². The summed E-state index contributed by atoms with van der Waals surface area (Å²) in [5.74, 6) is 0.618. The SMILES string of the molecule is CC(=O)SCc1n[nH]c(=S)n1C(C)=O. The monoisotopic (exact) mass is 231 g/mol. The average Bonchev–Trinajstić information content (AvgIpc) is 2.43. The Morgan fingerprint density at radius 1 is 1.57 bits per heavy atom. The van der Waals surface area contributed by atoms with Crippen LogP contribution in [-0.4, -0.2) is 25.8 Å². The summed E-state index contributed by atoms with van der Waals surface area (Å²) in [4.78, 5) is 21.8. The molecule has 0 bridgehead atoms. The Kier molecular flexibility index (Phi) is 3.59. The van der Waals surface area contributed by atoms with Gasteiger partial charge in [-0.3, -0.25) is 14.7 Å². The predicted molar refractivity (Wildman–Crippen MR) is 55.7 cm³/mol. The fourth-order valence-corrected chi connectivity index (χ4v) is 1.72. The van der Waals surface area contributed by atoms with Crippen molar-refractivity contribution in [1.82, 2.24) is 14.8 Å². The van der Waals surface area contributed by atoms with Crippen LogP contribution in [0, 0.1) is 4.77 Å². The minimum atomic E-state index is -0.206. The fourth-order valence-electron chi connectivity index (χ4n) is 0.917. The largest absolute Gasteiger partial charge is 0.288 e. The summed E-state index contributed by atoms with van der Waals surface area (Å²) in [7, 11) is 0. The van der Waals surface area contributed by atoms with Gasteiger partial charge in [0.15, 0.2) is 5.12 Å². The minimum Gasteiger partial charge on any atom is -0.288 e. The third kappa shape index (κ3) is 2.52. The van der Waals surface area contributed by atoms with Gasteiger partial charge >= 0.3 is 0 Å². The van der Waals surface area contributed by atoms with Crippen LogP contribution in [0.4, 0.5) is 0 Å². The molecule has 14 heavy (non-hydrogen) atoms. The summed E-state index contributed by atoms with van der Waals surface area (Å²) in [5, 5.41) is 6.35. The standard InChI is InChI=1S/C7H9N3O2S2/c1-4(11)10-6(3-14-5(2)12)8-9-7(10)13/h3H2,1-2H3,(H,9,13). The van der Waals surface area contributed by atoms with Crippen molar-refractivity contribution in [2.24, 2.45) is 0 Å². The molecule has 0 aliphatic rings. The first kappa shape index (κ1) is 11.1. The lowest BCUT2D eigenvalue weighted by Crippen LogP contribution is -2.10. The second-order valence-corrected chi connectivity index (χ2v) is 4.12. The highest BCUT2D eigenvalue weighted by Crippen LogP contribution is 2.10. The lowest BCUT2D eigenvalue weighted by molar-refractivity contribution is -0.109. The second-order valence-electron chi connectivity index (χ2n) is 2.58. The van der Waals surface area contributed by atoms with Crippen molar-refractivity contribution >= 4 is 35.0 Å². The van der Waals surface area contributed by atoms with Crippen molar-refractivity contribution in [3.63, 3.8) is 0 Å². The topological polar surface area (TPSA) is 67.8 Å². The van der Waals surface area contributed by atoms with Crippen LogP contribution >= 0.6 is 24.0 Å². The van der Waals surface area contributed by atoms with Gasteiger partial charge in [-0.2, -0.15) is 5.10 Å². The van der Waals surface area contributed by atoms with Crippen LogP contribution in [0.25, 0.3) is 0 Å². The zero-order valence-corrected chi connectivity index (χ0v) is 9.37. The van der Waals surface area contributed by atoms with Crippen LogP contribution in [0.5, 0.6) is 0 Å². The van der Waals surface area contributed by atoms with Crippen molar-refractivity contribution in [1.29, 1.82) is 0 Å². The predicted octanol–water partition coefficient (Wildman–Crippen LogP) is 1.38. The molecular weight excluding hydrogens is 222 g/mol. The normalized spacial score (nSPS) is 10.1. The summed E-state index contributed by atoms with van der Waals surface area (Å²) in [6, 6.07) is 0. The number of carbonyl (C=O) groups excluding carboxylic acids is 2. The number of carbonyl (C=O) groups is 2. The maximum Gasteiger partial charge on any atom is 0.231 e. The van der Waals surface area contributed by atoms with E-state index in [4.69, 9.17) is 12.2 Å². The quantitative estimate of drug-likeness (QED) is 0.779. The highest BCUT2D eigenvalue weighted by Gasteiger charge is 2.10. The molecule has 0 radical (unpaired) electrons. The molecule has 76 valence electrons. The summed E-state index contributed by atoms with van der Waals surface area (Å²) in [5.41, 5.74) is 0. The highest BCUT2D eigenvalue weighted by atomic mass is 32.2. The smallest absolute Gasteiger partial charge is 0.231 e. The van der Waals surface area contributed by atoms with E-state index in [9.17, 15) is 9.59 Å². The first-order valence-electron chi connectivity index (χ1n) is 3.83. The number of hydrogen-bond donors (Lipinski definition) is 1. The average molecular weight is 231 g/mol. The molecule has 0 amide bonds. The Labute approximate surface area is 89.9 Å². The Morgan fingerprint density at radius 2 is 2.21 bits per heavy atom. The van der Waals surface area contributed by atoms with Crippen molar-refractivity contribution in [3.05, 3.63) is 10.6 Å². The number of thioether (sulfide) groups is 1. The molecule has 7 heteroatoms. The summed E-state index contributed by atoms with van der Waals surface area (Å²) in [6.45, 7) is 2.86. The van der Waals surface area contributed by atoms with Crippen molar-refractivity contribution in [2.75, 3.05) is 0 Å². The molecule has 0 atom stereocenters. The van der Waals surface area contributed by atoms with E-state index in [1.54, 1.807) is 0 Å². The number of nitrogens with one attached hydrogen (secondary N) is 1. The summed E-state index contributed by atoms with van der Waals surface area (Å²) in [6.07, 6.45) is 0. The first-order chi connectivity index (χ1) is 6.52. The second kappa shape index (κ2) is 4.52. The lowest BCUT2D eigenvalue weighted by Gasteiger charge is -1.99. The van der Waals surface area contributed by atoms with E-state index in [0.29, 0.717) is 11.6 Å². The van der Waals surface area contributed by atoms with Gasteiger partial charge in [0.2, 0.25) is 10.7 Å². The van der Waals surface area contributed by atoms with Gasteiger partial charge in [-0.05, 0) is 12.2 Å². The number of rotatable bonds is 2. The first-order valence-corrected chi connectivity index (χ1v) is 5.22. The number of aromatic amines is 1. The molecule has 1 aromatic heterocycles. The van der Waals surface area contributed by atoms with Gasteiger partial charge in [-0.25, -0.2) is 4.57 Å². The van der Waals surface area contributed by atoms with Gasteiger partial charge < -0.3 is 0 Å². The molecule has 0 fully saturated rings. The zero-order chi connectivity index (χ0) is 10.7. The molecule has 1 rings (SSSR count). The Balaban J connectivity index is 2.92. The summed E-state index contributed by atoms with van der Waals surface area (Å²) >= 11 is 5.95. The zero-order valence-electron chi connectivity index (χ0n) is 7.73. The number of hydrogen-bond acceptors (Lipinski definition) is 5. The van der Waals surface area contributed by atoms with Gasteiger partial charge in [-0.1, -0.05) is 11.8 Å². The molecule has 0 saturated carbocycles. The molecule has 0 saturated heterocycles. The van der Waals surface area contributed by atoms with E-state index >= 15 is 0 Å². The number of aromatic nitrogens is 3. The van der Waals surface area contributed by atoms with E-state index in [1.807, 2.05) is 0 Å². The molecular formula is C7H9N3O2S2. The van der Waals surface area contributed by atoms with E-state index in [2.05, 4.69) is 10.2 Å². The van der Waals surface area contributed by atoms with Gasteiger partial charge in [0.05, 0.1) is 5.75 Å². The molecule has 0 aromatic carbocycles. The molecule has 0 aliphatic carbocycles. The van der Waals surface area contributed by atoms with Crippen molar-refractivity contribution < 1.29 is 9.59 Å². The van der Waals surface area contributed by atoms with Crippen molar-refractivity contribution in [2.45, 2.75) is 19.6 Å². The molecule has 1 N–H and O–H groups in total. The molecule has 0 spiro atoms. The van der Waals surface area contributed by atoms with Gasteiger partial charge in [0, 0.05) is 13.8 Å². The Morgan fingerprint density at radius 3 is 2.71 bits per heavy atom. The van der Waals surface area contributed by atoms with Gasteiger partial charge in [-0.15, -0.1) is 0 Å². The summed E-state index contributed by atoms with van der Waals surface area (Å²) < 4.78 is 1.54. The maximum atomic E-state index is 11.1. The van der Waals surface area contributed by atoms with Gasteiger partial charge in [0.25, 0.3) is 0 Å². The Bertz CT molecular complexity index is 421. The van der Waals surface area contributed by atoms with Crippen LogP contribution in [-0.2, 0) is 10.5 Å². The van der Waals surface area contributed by atoms with E-state index in [1.165, 1.54) is 18.4 Å². The minimum absolute atomic E-state index is 0.0194. The van der Waals surface area contributed by atoms with Crippen LogP contribution in [0.2, 0.25) is 0 Å². The van der Waals surface area contributed by atoms with Gasteiger partial charge in [0.1, 0.15) is 5.82 Å². The van der Waals surface area contributed by atoms with E-state index < -0.39 is 0 Å². The number of nitrogens with zero attached hydrogens (tertiary/aromatic N) is 2. The third-order valence-corrected chi connectivity index (χ3v) is 2.54. The van der Waals surface area contributed by atoms with Crippen molar-refractivity contribution in [3.8, 4) is 0 Å². The highest BCUT2D eigenvalue weighted by molar-refractivity contribution is 8.12. The van der Waals surface area contributed by atoms with E-state index in [0.717, 1.165) is 11.8 Å². The third-order valence-electron chi connectivity index (χ3n) is 1.46. The fraction of sp³-hybridized carbons (Fsp3) is 0.429. The molecule has 0 unspecified atom stereocenters. The van der Waals surface area contributed by atoms with Crippen LogP contribution in [0.15, 0.2) is 0 Å². The van der Waals surface area contributed by atoms with Crippen LogP contribution in [0.1, 0.15) is 24.5 Å². The molecule has 0 aliphatic heterocycles. The number of H-pyrrole nitrogens is 1. The molecule has 1 aromatic rings. The molecule has 1 heterocycles. The Hall–Kier alpha value is -0.950. The lowest BCUT2D eigenvalue weighted by atomic mass is 10.6.